The highest BCUT2D eigenvalue weighted by atomic mass is 35.5. The molecule has 4 nitrogen and oxygen atoms in total. The van der Waals surface area contributed by atoms with Gasteiger partial charge in [-0.3, -0.25) is 0 Å². The molecule has 1 aliphatic rings. The first-order valence-electron chi connectivity index (χ1n) is 7.37. The van der Waals surface area contributed by atoms with Gasteiger partial charge in [0.1, 0.15) is 5.82 Å². The van der Waals surface area contributed by atoms with E-state index in [1.807, 2.05) is 4.57 Å². The van der Waals surface area contributed by atoms with E-state index in [1.54, 1.807) is 0 Å². The summed E-state index contributed by atoms with van der Waals surface area (Å²) in [7, 11) is 2.14. The van der Waals surface area contributed by atoms with Crippen LogP contribution in [0.1, 0.15) is 25.7 Å². The number of fused-ring (bicyclic) bond motifs is 1. The highest BCUT2D eigenvalue weighted by Gasteiger charge is 2.20. The van der Waals surface area contributed by atoms with Crippen molar-refractivity contribution in [3.8, 4) is 0 Å². The van der Waals surface area contributed by atoms with Crippen LogP contribution in [0.25, 0.3) is 11.0 Å². The molecule has 0 radical (unpaired) electrons. The zero-order valence-corrected chi connectivity index (χ0v) is 12.9. The molecule has 1 saturated carbocycles. The topological polar surface area (TPSA) is 47.1 Å². The minimum Gasteiger partial charge on any atom is -0.369 e. The minimum atomic E-state index is -0.436. The standard InChI is InChI=1S/C15H20ClFN4/c1-20(10-4-2-3-5-10)6-7-21-14-9-12(17)11(16)8-13(14)19-15(21)18/h8-10H,2-7H2,1H3,(H2,18,19). The summed E-state index contributed by atoms with van der Waals surface area (Å²) < 4.78 is 15.5. The summed E-state index contributed by atoms with van der Waals surface area (Å²) in [5.74, 6) is -0.0269. The first kappa shape index (κ1) is 14.6. The van der Waals surface area contributed by atoms with Crippen molar-refractivity contribution >= 4 is 28.6 Å². The molecular weight excluding hydrogens is 291 g/mol. The smallest absolute Gasteiger partial charge is 0.201 e. The minimum absolute atomic E-state index is 0.0789. The maximum atomic E-state index is 13.7. The summed E-state index contributed by atoms with van der Waals surface area (Å²) in [4.78, 5) is 6.63. The Morgan fingerprint density at radius 1 is 1.43 bits per heavy atom. The number of rotatable bonds is 4. The van der Waals surface area contributed by atoms with E-state index in [1.165, 1.54) is 37.8 Å². The van der Waals surface area contributed by atoms with Crippen LogP contribution < -0.4 is 5.73 Å². The van der Waals surface area contributed by atoms with Crippen LogP contribution >= 0.6 is 11.6 Å². The summed E-state index contributed by atoms with van der Waals surface area (Å²) in [6, 6.07) is 3.60. The number of anilines is 1. The van der Waals surface area contributed by atoms with Crippen LogP contribution in [0.4, 0.5) is 10.3 Å². The second-order valence-corrected chi connectivity index (χ2v) is 6.20. The molecule has 0 unspecified atom stereocenters. The summed E-state index contributed by atoms with van der Waals surface area (Å²) in [5.41, 5.74) is 7.31. The molecule has 2 N–H and O–H groups in total. The molecule has 0 saturated heterocycles. The second kappa shape index (κ2) is 5.81. The summed E-state index contributed by atoms with van der Waals surface area (Å²) in [5, 5.41) is 0.0789. The summed E-state index contributed by atoms with van der Waals surface area (Å²) >= 11 is 5.79. The third-order valence-electron chi connectivity index (χ3n) is 4.44. The van der Waals surface area contributed by atoms with Gasteiger partial charge in [-0.25, -0.2) is 9.37 Å². The van der Waals surface area contributed by atoms with Crippen LogP contribution in [0.3, 0.4) is 0 Å². The highest BCUT2D eigenvalue weighted by Crippen LogP contribution is 2.25. The number of imidazole rings is 1. The molecule has 1 fully saturated rings. The Hall–Kier alpha value is -1.33. The Kier molecular flexibility index (Phi) is 4.04. The van der Waals surface area contributed by atoms with Crippen LogP contribution in [0.2, 0.25) is 5.02 Å². The average molecular weight is 311 g/mol. The summed E-state index contributed by atoms with van der Waals surface area (Å²) in [6.45, 7) is 1.58. The van der Waals surface area contributed by atoms with Gasteiger partial charge in [-0.15, -0.1) is 0 Å². The number of nitrogens with zero attached hydrogens (tertiary/aromatic N) is 3. The first-order valence-corrected chi connectivity index (χ1v) is 7.75. The fourth-order valence-corrected chi connectivity index (χ4v) is 3.32. The van der Waals surface area contributed by atoms with Crippen molar-refractivity contribution in [1.29, 1.82) is 0 Å². The fraction of sp³-hybridized carbons (Fsp3) is 0.533. The zero-order chi connectivity index (χ0) is 15.0. The van der Waals surface area contributed by atoms with Crippen molar-refractivity contribution in [3.63, 3.8) is 0 Å². The van der Waals surface area contributed by atoms with Gasteiger partial charge in [0.05, 0.1) is 16.1 Å². The monoisotopic (exact) mass is 310 g/mol. The van der Waals surface area contributed by atoms with Crippen LogP contribution in [-0.4, -0.2) is 34.1 Å². The third-order valence-corrected chi connectivity index (χ3v) is 4.73. The summed E-state index contributed by atoms with van der Waals surface area (Å²) in [6.07, 6.45) is 5.16. The second-order valence-electron chi connectivity index (χ2n) is 5.80. The van der Waals surface area contributed by atoms with Crippen LogP contribution in [0.5, 0.6) is 0 Å². The Labute approximate surface area is 128 Å². The van der Waals surface area contributed by atoms with Crippen molar-refractivity contribution in [2.75, 3.05) is 19.3 Å². The van der Waals surface area contributed by atoms with Crippen molar-refractivity contribution in [3.05, 3.63) is 23.0 Å². The van der Waals surface area contributed by atoms with Crippen molar-refractivity contribution in [1.82, 2.24) is 14.5 Å². The Bertz CT molecular complexity index is 649. The van der Waals surface area contributed by atoms with Crippen molar-refractivity contribution in [2.24, 2.45) is 0 Å². The van der Waals surface area contributed by atoms with Gasteiger partial charge >= 0.3 is 0 Å². The lowest BCUT2D eigenvalue weighted by Gasteiger charge is -2.24. The van der Waals surface area contributed by atoms with E-state index in [-0.39, 0.29) is 5.02 Å². The van der Waals surface area contributed by atoms with E-state index in [9.17, 15) is 4.39 Å². The fourth-order valence-electron chi connectivity index (χ4n) is 3.16. The number of aromatic nitrogens is 2. The number of nitrogens with two attached hydrogens (primary N) is 1. The lowest BCUT2D eigenvalue weighted by molar-refractivity contribution is 0.238. The molecule has 0 spiro atoms. The number of benzene rings is 1. The zero-order valence-electron chi connectivity index (χ0n) is 12.1. The maximum Gasteiger partial charge on any atom is 0.201 e. The molecule has 1 aliphatic carbocycles. The van der Waals surface area contributed by atoms with E-state index in [0.717, 1.165) is 6.54 Å². The van der Waals surface area contributed by atoms with E-state index >= 15 is 0 Å². The molecule has 2 aromatic rings. The molecule has 21 heavy (non-hydrogen) atoms. The molecule has 1 aromatic heterocycles. The Balaban J connectivity index is 1.80. The largest absolute Gasteiger partial charge is 0.369 e. The maximum absolute atomic E-state index is 13.7. The van der Waals surface area contributed by atoms with Gasteiger partial charge in [0.2, 0.25) is 5.95 Å². The van der Waals surface area contributed by atoms with Gasteiger partial charge in [0, 0.05) is 25.2 Å². The Morgan fingerprint density at radius 2 is 2.14 bits per heavy atom. The number of nitrogen functional groups attached to an aromatic ring is 1. The SMILES string of the molecule is CN(CCn1c(N)nc2cc(Cl)c(F)cc21)C1CCCC1. The molecule has 3 rings (SSSR count). The van der Waals surface area contributed by atoms with E-state index in [4.69, 9.17) is 17.3 Å². The van der Waals surface area contributed by atoms with E-state index in [2.05, 4.69) is 16.9 Å². The normalized spacial score (nSPS) is 16.4. The van der Waals surface area contributed by atoms with E-state index < -0.39 is 5.82 Å². The van der Waals surface area contributed by atoms with Gasteiger partial charge in [-0.1, -0.05) is 24.4 Å². The molecule has 114 valence electrons. The van der Waals surface area contributed by atoms with Gasteiger partial charge < -0.3 is 15.2 Å². The molecule has 1 aromatic carbocycles. The van der Waals surface area contributed by atoms with Crippen molar-refractivity contribution < 1.29 is 4.39 Å². The molecular formula is C15H20ClFN4. The molecule has 6 heteroatoms. The lowest BCUT2D eigenvalue weighted by atomic mass is 10.2. The van der Waals surface area contributed by atoms with E-state index in [0.29, 0.717) is 29.6 Å². The van der Waals surface area contributed by atoms with Gasteiger partial charge in [0.25, 0.3) is 0 Å². The average Bonchev–Trinajstić information content (AvgIpc) is 3.06. The predicted octanol–water partition coefficient (Wildman–Crippen LogP) is 3.29. The first-order chi connectivity index (χ1) is 10.1. The molecule has 0 amide bonds. The number of hydrogen-bond acceptors (Lipinski definition) is 3. The lowest BCUT2D eigenvalue weighted by Crippen LogP contribution is -2.32. The predicted molar refractivity (Wildman–Crippen MR) is 84.0 cm³/mol. The number of hydrogen-bond donors (Lipinski definition) is 1. The van der Waals surface area contributed by atoms with Crippen LogP contribution in [-0.2, 0) is 6.54 Å². The van der Waals surface area contributed by atoms with Crippen LogP contribution in [0, 0.1) is 5.82 Å². The van der Waals surface area contributed by atoms with Gasteiger partial charge in [-0.2, -0.15) is 0 Å². The number of halogens is 2. The Morgan fingerprint density at radius 3 is 2.86 bits per heavy atom. The van der Waals surface area contributed by atoms with Crippen molar-refractivity contribution in [2.45, 2.75) is 38.3 Å². The quantitative estimate of drug-likeness (QED) is 0.942. The number of likely N-dealkylation sites (N-methyl/N-ethyl adjacent to an activating group) is 1. The molecule has 0 atom stereocenters. The highest BCUT2D eigenvalue weighted by molar-refractivity contribution is 6.31. The van der Waals surface area contributed by atoms with Gasteiger partial charge in [-0.05, 0) is 26.0 Å². The van der Waals surface area contributed by atoms with Gasteiger partial charge in [0.15, 0.2) is 0 Å². The third kappa shape index (κ3) is 2.85. The molecule has 1 heterocycles. The molecule has 0 bridgehead atoms. The molecule has 0 aliphatic heterocycles. The van der Waals surface area contributed by atoms with Crippen LogP contribution in [0.15, 0.2) is 12.1 Å².